The van der Waals surface area contributed by atoms with Crippen LogP contribution in [0.15, 0.2) is 36.5 Å². The third kappa shape index (κ3) is 3.71. The van der Waals surface area contributed by atoms with E-state index in [2.05, 4.69) is 20.9 Å². The lowest BCUT2D eigenvalue weighted by molar-refractivity contribution is -0.137. The van der Waals surface area contributed by atoms with Crippen molar-refractivity contribution >= 4 is 44.2 Å². The average molecular weight is 461 g/mol. The normalized spacial score (nSPS) is 13.0. The van der Waals surface area contributed by atoms with E-state index in [0.717, 1.165) is 12.1 Å². The summed E-state index contributed by atoms with van der Waals surface area (Å²) in [6.07, 6.45) is -3.07. The number of ether oxygens (including phenoxy) is 1. The number of aryl methyl sites for hydroxylation is 1. The van der Waals surface area contributed by atoms with Crippen molar-refractivity contribution < 1.29 is 22.7 Å². The number of aromatic nitrogens is 1. The maximum atomic E-state index is 13.2. The summed E-state index contributed by atoms with van der Waals surface area (Å²) < 4.78 is 44.7. The fraction of sp³-hybridized carbons (Fsp3) is 0.211. The maximum absolute atomic E-state index is 13.2. The van der Waals surface area contributed by atoms with Crippen LogP contribution in [0.4, 0.5) is 13.2 Å². The second-order valence-electron chi connectivity index (χ2n) is 6.03. The molecule has 0 saturated heterocycles. The van der Waals surface area contributed by atoms with Crippen LogP contribution in [0, 0.1) is 6.92 Å². The van der Waals surface area contributed by atoms with Crippen molar-refractivity contribution in [1.29, 1.82) is 0 Å². The molecule has 142 valence electrons. The number of benzene rings is 2. The highest BCUT2D eigenvalue weighted by molar-refractivity contribution is 9.09. The Kier molecular flexibility index (Phi) is 5.27. The monoisotopic (exact) mass is 459 g/mol. The zero-order chi connectivity index (χ0) is 19.9. The first-order valence-corrected chi connectivity index (χ1v) is 9.13. The number of fused-ring (bicyclic) bond motifs is 1. The van der Waals surface area contributed by atoms with Gasteiger partial charge in [0.15, 0.2) is 5.78 Å². The molecule has 0 aliphatic heterocycles. The van der Waals surface area contributed by atoms with E-state index in [1.807, 2.05) is 0 Å². The van der Waals surface area contributed by atoms with Crippen LogP contribution in [-0.4, -0.2) is 17.9 Å². The molecular weight excluding hydrogens is 447 g/mol. The van der Waals surface area contributed by atoms with Gasteiger partial charge in [0.2, 0.25) is 0 Å². The van der Waals surface area contributed by atoms with Crippen molar-refractivity contribution in [3.05, 3.63) is 63.8 Å². The van der Waals surface area contributed by atoms with E-state index in [0.29, 0.717) is 27.4 Å². The first-order chi connectivity index (χ1) is 12.6. The molecule has 1 aromatic heterocycles. The van der Waals surface area contributed by atoms with Gasteiger partial charge in [0, 0.05) is 33.2 Å². The molecule has 1 N–H and O–H groups in total. The standard InChI is InChI=1S/C19H14BrClF3NO2/c1-9-5-10(19(22,23)24)6-13-14(8-25-17(9)13)18(26)16(20)12-4-3-11(21)7-15(12)27-2/h3-8,16,25H,1-2H3. The highest BCUT2D eigenvalue weighted by Gasteiger charge is 2.32. The largest absolute Gasteiger partial charge is 0.496 e. The lowest BCUT2D eigenvalue weighted by atomic mass is 9.99. The Balaban J connectivity index is 2.09. The van der Waals surface area contributed by atoms with E-state index in [1.54, 1.807) is 25.1 Å². The molecule has 8 heteroatoms. The van der Waals surface area contributed by atoms with Crippen LogP contribution >= 0.6 is 27.5 Å². The molecule has 1 heterocycles. The molecule has 1 unspecified atom stereocenters. The molecule has 27 heavy (non-hydrogen) atoms. The van der Waals surface area contributed by atoms with Crippen LogP contribution in [0.25, 0.3) is 10.9 Å². The Morgan fingerprint density at radius 2 is 1.96 bits per heavy atom. The minimum absolute atomic E-state index is 0.165. The van der Waals surface area contributed by atoms with E-state index < -0.39 is 16.6 Å². The third-order valence-electron chi connectivity index (χ3n) is 4.28. The molecule has 0 spiro atoms. The fourth-order valence-corrected chi connectivity index (χ4v) is 3.74. The second kappa shape index (κ2) is 7.20. The van der Waals surface area contributed by atoms with Gasteiger partial charge >= 0.3 is 6.18 Å². The number of hydrogen-bond acceptors (Lipinski definition) is 2. The molecule has 0 fully saturated rings. The number of H-pyrrole nitrogens is 1. The molecule has 0 amide bonds. The number of alkyl halides is 4. The van der Waals surface area contributed by atoms with Gasteiger partial charge in [0.1, 0.15) is 10.6 Å². The number of aromatic amines is 1. The van der Waals surface area contributed by atoms with Gasteiger partial charge in [-0.25, -0.2) is 0 Å². The van der Waals surface area contributed by atoms with Gasteiger partial charge in [-0.15, -0.1) is 0 Å². The molecule has 3 nitrogen and oxygen atoms in total. The summed E-state index contributed by atoms with van der Waals surface area (Å²) in [5.41, 5.74) is 0.808. The molecule has 0 bridgehead atoms. The summed E-state index contributed by atoms with van der Waals surface area (Å²) in [5.74, 6) is 0.0188. The topological polar surface area (TPSA) is 42.1 Å². The predicted octanol–water partition coefficient (Wildman–Crippen LogP) is 6.48. The second-order valence-corrected chi connectivity index (χ2v) is 7.38. The van der Waals surface area contributed by atoms with Crippen molar-refractivity contribution in [1.82, 2.24) is 4.98 Å². The number of Topliss-reactive ketones (excluding diaryl/α,β-unsaturated/α-hetero) is 1. The number of hydrogen-bond donors (Lipinski definition) is 1. The molecular formula is C19H14BrClF3NO2. The van der Waals surface area contributed by atoms with Crippen molar-refractivity contribution in [3.63, 3.8) is 0 Å². The number of carbonyl (C=O) groups excluding carboxylic acids is 1. The molecule has 0 aliphatic carbocycles. The minimum Gasteiger partial charge on any atom is -0.496 e. The number of nitrogens with one attached hydrogen (secondary N) is 1. The lowest BCUT2D eigenvalue weighted by Crippen LogP contribution is -2.09. The molecule has 0 saturated carbocycles. The van der Waals surface area contributed by atoms with E-state index in [1.165, 1.54) is 13.3 Å². The molecule has 3 rings (SSSR count). The average Bonchev–Trinajstić information content (AvgIpc) is 3.04. The molecule has 2 aromatic carbocycles. The first kappa shape index (κ1) is 19.8. The quantitative estimate of drug-likeness (QED) is 0.358. The number of rotatable bonds is 4. The lowest BCUT2D eigenvalue weighted by Gasteiger charge is -2.14. The van der Waals surface area contributed by atoms with Crippen LogP contribution in [-0.2, 0) is 6.18 Å². The zero-order valence-corrected chi connectivity index (χ0v) is 16.6. The molecule has 3 aromatic rings. The van der Waals surface area contributed by atoms with Crippen molar-refractivity contribution in [3.8, 4) is 5.75 Å². The predicted molar refractivity (Wildman–Crippen MR) is 102 cm³/mol. The smallest absolute Gasteiger partial charge is 0.416 e. The highest BCUT2D eigenvalue weighted by Crippen LogP contribution is 2.38. The molecule has 0 aliphatic rings. The SMILES string of the molecule is COc1cc(Cl)ccc1C(Br)C(=O)c1c[nH]c2c(C)cc(C(F)(F)F)cc12. The van der Waals surface area contributed by atoms with E-state index >= 15 is 0 Å². The van der Waals surface area contributed by atoms with Gasteiger partial charge in [-0.1, -0.05) is 33.6 Å². The third-order valence-corrected chi connectivity index (χ3v) is 5.42. The highest BCUT2D eigenvalue weighted by atomic mass is 79.9. The Morgan fingerprint density at radius 3 is 2.59 bits per heavy atom. The summed E-state index contributed by atoms with van der Waals surface area (Å²) in [4.78, 5) is 15.1. The number of methoxy groups -OCH3 is 1. The Bertz CT molecular complexity index is 1030. The van der Waals surface area contributed by atoms with Crippen molar-refractivity contribution in [2.75, 3.05) is 7.11 Å². The van der Waals surface area contributed by atoms with Gasteiger partial charge in [0.25, 0.3) is 0 Å². The van der Waals surface area contributed by atoms with Crippen LogP contribution in [0.5, 0.6) is 5.75 Å². The Hall–Kier alpha value is -1.99. The number of carbonyl (C=O) groups is 1. The fourth-order valence-electron chi connectivity index (χ4n) is 2.95. The van der Waals surface area contributed by atoms with Crippen LogP contribution in [0.1, 0.15) is 31.9 Å². The van der Waals surface area contributed by atoms with Crippen LogP contribution < -0.4 is 4.74 Å². The van der Waals surface area contributed by atoms with Crippen LogP contribution in [0.2, 0.25) is 5.02 Å². The van der Waals surface area contributed by atoms with Gasteiger partial charge in [-0.2, -0.15) is 13.2 Å². The minimum atomic E-state index is -4.50. The van der Waals surface area contributed by atoms with Gasteiger partial charge < -0.3 is 9.72 Å². The molecule has 1 atom stereocenters. The van der Waals surface area contributed by atoms with E-state index in [9.17, 15) is 18.0 Å². The summed E-state index contributed by atoms with van der Waals surface area (Å²) in [7, 11) is 1.45. The van der Waals surface area contributed by atoms with E-state index in [4.69, 9.17) is 16.3 Å². The van der Waals surface area contributed by atoms with Gasteiger partial charge in [0.05, 0.1) is 12.7 Å². The zero-order valence-electron chi connectivity index (χ0n) is 14.2. The molecule has 0 radical (unpaired) electrons. The Morgan fingerprint density at radius 1 is 1.26 bits per heavy atom. The van der Waals surface area contributed by atoms with Crippen LogP contribution in [0.3, 0.4) is 0 Å². The summed E-state index contributed by atoms with van der Waals surface area (Å²) in [6, 6.07) is 6.87. The summed E-state index contributed by atoms with van der Waals surface area (Å²) >= 11 is 9.29. The first-order valence-electron chi connectivity index (χ1n) is 7.84. The van der Waals surface area contributed by atoms with Crippen molar-refractivity contribution in [2.45, 2.75) is 17.9 Å². The number of halogens is 5. The van der Waals surface area contributed by atoms with Crippen molar-refractivity contribution in [2.24, 2.45) is 0 Å². The summed E-state index contributed by atoms with van der Waals surface area (Å²) in [6.45, 7) is 1.57. The Labute approximate surface area is 166 Å². The number of ketones is 1. The maximum Gasteiger partial charge on any atom is 0.416 e. The van der Waals surface area contributed by atoms with Gasteiger partial charge in [-0.3, -0.25) is 4.79 Å². The summed E-state index contributed by atoms with van der Waals surface area (Å²) in [5, 5.41) is 0.671. The van der Waals surface area contributed by atoms with E-state index in [-0.39, 0.29) is 16.7 Å². The van der Waals surface area contributed by atoms with Gasteiger partial charge in [-0.05, 0) is 36.8 Å².